The van der Waals surface area contributed by atoms with E-state index in [2.05, 4.69) is 42.0 Å². The molecule has 0 bridgehead atoms. The van der Waals surface area contributed by atoms with Crippen molar-refractivity contribution in [2.75, 3.05) is 44.7 Å². The molecular weight excluding hydrogens is 536 g/mol. The predicted molar refractivity (Wildman–Crippen MR) is 159 cm³/mol. The fraction of sp³-hybridized carbons (Fsp3) is 0.333. The van der Waals surface area contributed by atoms with Crippen molar-refractivity contribution in [1.82, 2.24) is 34.7 Å². The van der Waals surface area contributed by atoms with Gasteiger partial charge >= 0.3 is 12.2 Å². The Balaban J connectivity index is 0.00000405. The first-order valence-corrected chi connectivity index (χ1v) is 13.3. The molecule has 4 aromatic rings. The Hall–Kier alpha value is -5.02. The Morgan fingerprint density at radius 1 is 1.05 bits per heavy atom. The Labute approximate surface area is 244 Å². The van der Waals surface area contributed by atoms with E-state index in [-0.39, 0.29) is 32.7 Å². The van der Waals surface area contributed by atoms with E-state index in [9.17, 15) is 9.59 Å². The van der Waals surface area contributed by atoms with Crippen molar-refractivity contribution in [2.24, 2.45) is 0 Å². The monoisotopic (exact) mass is 570 g/mol. The molecule has 1 saturated heterocycles. The van der Waals surface area contributed by atoms with Crippen molar-refractivity contribution in [3.8, 4) is 34.4 Å². The number of hydrogen-bond acceptors (Lipinski definition) is 9. The number of aromatic amines is 1. The number of benzene rings is 1. The Bertz CT molecular complexity index is 1570. The van der Waals surface area contributed by atoms with Crippen LogP contribution < -0.4 is 5.32 Å². The maximum Gasteiger partial charge on any atom is 0.413 e. The van der Waals surface area contributed by atoms with E-state index in [0.717, 1.165) is 29.9 Å². The smallest absolute Gasteiger partial charge is 0.413 e. The van der Waals surface area contributed by atoms with Crippen LogP contribution in [-0.2, 0) is 16.0 Å². The van der Waals surface area contributed by atoms with Crippen LogP contribution in [0.1, 0.15) is 27.0 Å². The lowest BCUT2D eigenvalue weighted by Crippen LogP contribution is -2.48. The van der Waals surface area contributed by atoms with Gasteiger partial charge in [0.1, 0.15) is 5.52 Å². The number of nitrogens with zero attached hydrogens (tertiary/aromatic N) is 6. The fourth-order valence-corrected chi connectivity index (χ4v) is 4.48. The summed E-state index contributed by atoms with van der Waals surface area (Å²) in [4.78, 5) is 49.3. The number of hydrogen-bond donors (Lipinski definition) is 2. The van der Waals surface area contributed by atoms with Crippen molar-refractivity contribution in [3.05, 3.63) is 54.6 Å². The molecule has 218 valence electrons. The van der Waals surface area contributed by atoms with E-state index >= 15 is 0 Å². The predicted octanol–water partition coefficient (Wildman–Crippen LogP) is 4.56. The minimum atomic E-state index is -0.591. The number of imidazole rings is 1. The minimum absolute atomic E-state index is 0. The summed E-state index contributed by atoms with van der Waals surface area (Å²) in [6.07, 6.45) is 4.26. The minimum Gasteiger partial charge on any atom is -0.450 e. The maximum atomic E-state index is 12.1. The number of fused-ring (bicyclic) bond motifs is 1. The molecule has 0 spiro atoms. The number of aromatic nitrogens is 5. The van der Waals surface area contributed by atoms with E-state index in [4.69, 9.17) is 14.5 Å². The second-order valence-corrected chi connectivity index (χ2v) is 9.21. The van der Waals surface area contributed by atoms with Gasteiger partial charge in [0.2, 0.25) is 5.95 Å². The molecule has 1 aliphatic rings. The number of anilines is 1. The summed E-state index contributed by atoms with van der Waals surface area (Å²) in [5.74, 6) is 6.23. The molecule has 4 heterocycles. The number of rotatable bonds is 7. The average Bonchev–Trinajstić information content (AvgIpc) is 3.40. The topological polar surface area (TPSA) is 138 Å². The number of carbonyl (C=O) groups excluding carboxylic acids is 2. The Kier molecular flexibility index (Phi) is 10.0. The van der Waals surface area contributed by atoms with Gasteiger partial charge in [-0.05, 0) is 43.7 Å². The number of H-pyrrole nitrogens is 1. The van der Waals surface area contributed by atoms with Crippen LogP contribution in [0.2, 0.25) is 0 Å². The van der Waals surface area contributed by atoms with Crippen molar-refractivity contribution in [2.45, 2.75) is 27.8 Å². The SMILES string of the molecule is C.CC#CCOC(=O)N1CCN(Cc2ccc(-c3cc(-c4ncccn4)c4nc(NC(=O)OCC)[nH]c4c3)cn2)CC1. The van der Waals surface area contributed by atoms with Gasteiger partial charge in [-0.15, -0.1) is 5.92 Å². The standard InChI is InChI=1S/C29H30N8O4.CH4/c1-3-5-15-41-29(39)37-13-11-36(12-14-37)19-22-8-7-20(18-32-22)21-16-23(26-30-9-6-10-31-26)25-24(17-21)33-27(34-25)35-28(38)40-4-2;/h6-10,16-18H,4,11-15,19H2,1-2H3,(H2,33,34,35,38);1H4. The highest BCUT2D eigenvalue weighted by Crippen LogP contribution is 2.32. The Morgan fingerprint density at radius 2 is 1.83 bits per heavy atom. The van der Waals surface area contributed by atoms with Gasteiger partial charge < -0.3 is 19.4 Å². The largest absolute Gasteiger partial charge is 0.450 e. The van der Waals surface area contributed by atoms with Crippen LogP contribution in [0.25, 0.3) is 33.5 Å². The molecular formula is C30H34N8O4. The van der Waals surface area contributed by atoms with Gasteiger partial charge in [0.15, 0.2) is 12.4 Å². The van der Waals surface area contributed by atoms with Gasteiger partial charge in [0.05, 0.1) is 17.8 Å². The molecule has 0 aliphatic carbocycles. The van der Waals surface area contributed by atoms with Crippen LogP contribution in [0.5, 0.6) is 0 Å². The van der Waals surface area contributed by atoms with Gasteiger partial charge in [-0.1, -0.05) is 19.4 Å². The summed E-state index contributed by atoms with van der Waals surface area (Å²) in [5, 5.41) is 2.62. The third kappa shape index (κ3) is 7.18. The highest BCUT2D eigenvalue weighted by molar-refractivity contribution is 5.96. The first kappa shape index (κ1) is 30.0. The maximum absolute atomic E-state index is 12.1. The van der Waals surface area contributed by atoms with Crippen molar-refractivity contribution >= 4 is 29.2 Å². The molecule has 0 radical (unpaired) electrons. The van der Waals surface area contributed by atoms with Gasteiger partial charge in [0.25, 0.3) is 0 Å². The Morgan fingerprint density at radius 3 is 2.52 bits per heavy atom. The molecule has 2 amide bonds. The van der Waals surface area contributed by atoms with Crippen LogP contribution in [0.4, 0.5) is 15.5 Å². The highest BCUT2D eigenvalue weighted by atomic mass is 16.6. The highest BCUT2D eigenvalue weighted by Gasteiger charge is 2.22. The molecule has 1 fully saturated rings. The van der Waals surface area contributed by atoms with Crippen LogP contribution in [0.15, 0.2) is 48.9 Å². The van der Waals surface area contributed by atoms with Gasteiger partial charge in [-0.25, -0.2) is 24.5 Å². The number of carbonyl (C=O) groups is 2. The lowest BCUT2D eigenvalue weighted by molar-refractivity contribution is 0.0820. The van der Waals surface area contributed by atoms with Crippen LogP contribution in [0.3, 0.4) is 0 Å². The number of nitrogens with one attached hydrogen (secondary N) is 2. The van der Waals surface area contributed by atoms with E-state index < -0.39 is 6.09 Å². The lowest BCUT2D eigenvalue weighted by Gasteiger charge is -2.33. The zero-order chi connectivity index (χ0) is 28.6. The van der Waals surface area contributed by atoms with Crippen molar-refractivity contribution in [1.29, 1.82) is 0 Å². The van der Waals surface area contributed by atoms with Gasteiger partial charge in [-0.3, -0.25) is 15.2 Å². The zero-order valence-electron chi connectivity index (χ0n) is 22.9. The van der Waals surface area contributed by atoms with Crippen molar-refractivity contribution in [3.63, 3.8) is 0 Å². The van der Waals surface area contributed by atoms with Crippen LogP contribution in [0, 0.1) is 11.8 Å². The first-order valence-electron chi connectivity index (χ1n) is 13.3. The second-order valence-electron chi connectivity index (χ2n) is 9.21. The van der Waals surface area contributed by atoms with Gasteiger partial charge in [0, 0.05) is 62.4 Å². The zero-order valence-corrected chi connectivity index (χ0v) is 22.9. The second kappa shape index (κ2) is 14.0. The molecule has 1 aromatic carbocycles. The van der Waals surface area contributed by atoms with E-state index in [1.165, 1.54) is 0 Å². The number of ether oxygens (including phenoxy) is 2. The first-order chi connectivity index (χ1) is 20.0. The molecule has 12 heteroatoms. The summed E-state index contributed by atoms with van der Waals surface area (Å²) in [6.45, 7) is 7.15. The molecule has 0 unspecified atom stereocenters. The third-order valence-electron chi connectivity index (χ3n) is 6.51. The number of piperazine rings is 1. The molecule has 5 rings (SSSR count). The van der Waals surface area contributed by atoms with E-state index in [1.807, 2.05) is 30.5 Å². The fourth-order valence-electron chi connectivity index (χ4n) is 4.48. The summed E-state index contributed by atoms with van der Waals surface area (Å²) in [5.41, 5.74) is 4.78. The molecule has 0 atom stereocenters. The van der Waals surface area contributed by atoms with E-state index in [0.29, 0.717) is 42.1 Å². The molecule has 0 saturated carbocycles. The van der Waals surface area contributed by atoms with Crippen molar-refractivity contribution < 1.29 is 19.1 Å². The summed E-state index contributed by atoms with van der Waals surface area (Å²) in [6, 6.07) is 9.69. The molecule has 2 N–H and O–H groups in total. The third-order valence-corrected chi connectivity index (χ3v) is 6.51. The lowest BCUT2D eigenvalue weighted by atomic mass is 10.0. The van der Waals surface area contributed by atoms with Crippen LogP contribution >= 0.6 is 0 Å². The summed E-state index contributed by atoms with van der Waals surface area (Å²) < 4.78 is 10.1. The normalized spacial score (nSPS) is 13.0. The molecule has 1 aliphatic heterocycles. The summed E-state index contributed by atoms with van der Waals surface area (Å²) in [7, 11) is 0. The van der Waals surface area contributed by atoms with Gasteiger partial charge in [-0.2, -0.15) is 0 Å². The average molecular weight is 571 g/mol. The number of pyridine rings is 1. The van der Waals surface area contributed by atoms with Crippen LogP contribution in [-0.4, -0.2) is 86.3 Å². The molecule has 12 nitrogen and oxygen atoms in total. The quantitative estimate of drug-likeness (QED) is 0.306. The molecule has 42 heavy (non-hydrogen) atoms. The molecule has 3 aromatic heterocycles. The number of amides is 2. The summed E-state index contributed by atoms with van der Waals surface area (Å²) >= 11 is 0. The van der Waals surface area contributed by atoms with E-state index in [1.54, 1.807) is 37.2 Å².